The quantitative estimate of drug-likeness (QED) is 0.913. The van der Waals surface area contributed by atoms with Crippen LogP contribution in [-0.4, -0.2) is 37.3 Å². The summed E-state index contributed by atoms with van der Waals surface area (Å²) in [5.74, 6) is 0.396. The van der Waals surface area contributed by atoms with Gasteiger partial charge in [0.25, 0.3) is 0 Å². The fourth-order valence-electron chi connectivity index (χ4n) is 2.85. The Morgan fingerprint density at radius 3 is 2.54 bits per heavy atom. The van der Waals surface area contributed by atoms with Crippen LogP contribution in [0.25, 0.3) is 11.1 Å². The Bertz CT molecular complexity index is 857. The fourth-order valence-corrected chi connectivity index (χ4v) is 3.61. The van der Waals surface area contributed by atoms with E-state index in [0.717, 1.165) is 5.69 Å². The van der Waals surface area contributed by atoms with Crippen molar-refractivity contribution < 1.29 is 13.2 Å². The Hall–Kier alpha value is -2.25. The molecule has 7 heteroatoms. The van der Waals surface area contributed by atoms with E-state index in [2.05, 4.69) is 4.98 Å². The van der Waals surface area contributed by atoms with E-state index in [0.29, 0.717) is 30.6 Å². The van der Waals surface area contributed by atoms with Gasteiger partial charge in [-0.3, -0.25) is 9.78 Å². The smallest absolute Gasteiger partial charge is 0.238 e. The lowest BCUT2D eigenvalue weighted by Gasteiger charge is -2.38. The maximum absolute atomic E-state index is 11.7. The number of carbonyl (C=O) groups is 1. The molecule has 0 spiro atoms. The zero-order valence-electron chi connectivity index (χ0n) is 13.3. The molecule has 2 heterocycles. The molecule has 126 valence electrons. The largest absolute Gasteiger partial charge is 0.341 e. The number of hydrogen-bond donors (Lipinski definition) is 1. The number of benzene rings is 1. The summed E-state index contributed by atoms with van der Waals surface area (Å²) in [6, 6.07) is 10.3. The lowest BCUT2D eigenvalue weighted by atomic mass is 9.94. The van der Waals surface area contributed by atoms with Crippen molar-refractivity contribution in [1.29, 1.82) is 0 Å². The molecule has 0 saturated carbocycles. The molecule has 1 fully saturated rings. The normalized spacial score (nSPS) is 15.2. The topological polar surface area (TPSA) is 93.4 Å². The number of pyridine rings is 1. The van der Waals surface area contributed by atoms with Gasteiger partial charge in [0, 0.05) is 48.4 Å². The maximum atomic E-state index is 11.7. The van der Waals surface area contributed by atoms with Gasteiger partial charge in [0.15, 0.2) is 0 Å². The highest BCUT2D eigenvalue weighted by atomic mass is 32.2. The van der Waals surface area contributed by atoms with Crippen molar-refractivity contribution in [3.05, 3.63) is 48.3 Å². The number of primary sulfonamides is 1. The average molecular weight is 345 g/mol. The van der Waals surface area contributed by atoms with Gasteiger partial charge in [0.05, 0.1) is 4.90 Å². The van der Waals surface area contributed by atoms with Crippen molar-refractivity contribution in [3.8, 4) is 11.1 Å². The predicted octanol–water partition coefficient (Wildman–Crippen LogP) is 1.73. The molecule has 1 amide bonds. The van der Waals surface area contributed by atoms with Gasteiger partial charge in [-0.15, -0.1) is 0 Å². The maximum Gasteiger partial charge on any atom is 0.238 e. The van der Waals surface area contributed by atoms with Gasteiger partial charge in [-0.2, -0.15) is 0 Å². The van der Waals surface area contributed by atoms with Gasteiger partial charge in [0.1, 0.15) is 0 Å². The highest BCUT2D eigenvalue weighted by molar-refractivity contribution is 7.89. The molecule has 1 aromatic heterocycles. The summed E-state index contributed by atoms with van der Waals surface area (Å²) in [4.78, 5) is 17.9. The van der Waals surface area contributed by atoms with E-state index < -0.39 is 10.0 Å². The van der Waals surface area contributed by atoms with Gasteiger partial charge in [-0.05, 0) is 12.1 Å². The number of likely N-dealkylation sites (tertiary alicyclic amines) is 1. The van der Waals surface area contributed by atoms with E-state index in [-0.39, 0.29) is 16.7 Å². The second-order valence-corrected chi connectivity index (χ2v) is 7.39. The van der Waals surface area contributed by atoms with Crippen LogP contribution >= 0.6 is 0 Å². The number of sulfonamides is 1. The van der Waals surface area contributed by atoms with Crippen LogP contribution in [0.15, 0.2) is 47.5 Å². The molecular formula is C17H19N3O3S. The van der Waals surface area contributed by atoms with Gasteiger partial charge in [0.2, 0.25) is 15.9 Å². The summed E-state index contributed by atoms with van der Waals surface area (Å²) in [5, 5.41) is 5.27. The van der Waals surface area contributed by atoms with Gasteiger partial charge in [-0.25, -0.2) is 13.6 Å². The summed E-state index contributed by atoms with van der Waals surface area (Å²) in [7, 11) is -3.79. The zero-order valence-corrected chi connectivity index (χ0v) is 14.2. The molecule has 0 aliphatic carbocycles. The Balaban J connectivity index is 1.81. The van der Waals surface area contributed by atoms with E-state index in [1.165, 1.54) is 6.07 Å². The molecule has 1 aromatic carbocycles. The number of rotatable bonds is 4. The number of aromatic nitrogens is 1. The fraction of sp³-hybridized carbons (Fsp3) is 0.294. The van der Waals surface area contributed by atoms with Crippen molar-refractivity contribution in [2.75, 3.05) is 13.1 Å². The third-order valence-corrected chi connectivity index (χ3v) is 5.21. The molecule has 0 bridgehead atoms. The summed E-state index contributed by atoms with van der Waals surface area (Å²) in [5.41, 5.74) is 2.15. The second-order valence-electron chi connectivity index (χ2n) is 5.86. The standard InChI is InChI=1S/C17H19N3O3S/c1-2-17(21)20-10-13(11-20)15-8-7-12(9-19-15)14-5-3-4-6-16(14)24(18,22)23/h3-9,13H,2,10-11H2,1H3,(H2,18,22,23). The van der Waals surface area contributed by atoms with Crippen LogP contribution in [0.2, 0.25) is 0 Å². The highest BCUT2D eigenvalue weighted by Crippen LogP contribution is 2.29. The minimum Gasteiger partial charge on any atom is -0.341 e. The van der Waals surface area contributed by atoms with Crippen molar-refractivity contribution in [1.82, 2.24) is 9.88 Å². The summed E-state index contributed by atoms with van der Waals surface area (Å²) in [6.07, 6.45) is 2.17. The minimum atomic E-state index is -3.79. The molecule has 0 unspecified atom stereocenters. The first-order valence-electron chi connectivity index (χ1n) is 7.76. The van der Waals surface area contributed by atoms with Crippen LogP contribution in [0.4, 0.5) is 0 Å². The Morgan fingerprint density at radius 2 is 1.96 bits per heavy atom. The first-order valence-corrected chi connectivity index (χ1v) is 9.30. The molecule has 24 heavy (non-hydrogen) atoms. The van der Waals surface area contributed by atoms with Crippen LogP contribution in [0.5, 0.6) is 0 Å². The number of carbonyl (C=O) groups excluding carboxylic acids is 1. The van der Waals surface area contributed by atoms with E-state index in [4.69, 9.17) is 5.14 Å². The highest BCUT2D eigenvalue weighted by Gasteiger charge is 2.31. The third kappa shape index (κ3) is 3.18. The number of amides is 1. The number of nitrogens with zero attached hydrogens (tertiary/aromatic N) is 2. The Kier molecular flexibility index (Phi) is 4.38. The lowest BCUT2D eigenvalue weighted by molar-refractivity contribution is -0.135. The summed E-state index contributed by atoms with van der Waals surface area (Å²) >= 11 is 0. The van der Waals surface area contributed by atoms with Crippen molar-refractivity contribution in [2.45, 2.75) is 24.2 Å². The van der Waals surface area contributed by atoms with Crippen molar-refractivity contribution >= 4 is 15.9 Å². The van der Waals surface area contributed by atoms with Crippen LogP contribution in [0, 0.1) is 0 Å². The molecule has 2 aromatic rings. The van der Waals surface area contributed by atoms with E-state index in [1.807, 2.05) is 24.0 Å². The molecule has 3 rings (SSSR count). The van der Waals surface area contributed by atoms with Crippen molar-refractivity contribution in [3.63, 3.8) is 0 Å². The van der Waals surface area contributed by atoms with Gasteiger partial charge < -0.3 is 4.90 Å². The summed E-state index contributed by atoms with van der Waals surface area (Å²) in [6.45, 7) is 3.23. The van der Waals surface area contributed by atoms with E-state index in [9.17, 15) is 13.2 Å². The Labute approximate surface area is 141 Å². The second kappa shape index (κ2) is 6.33. The number of hydrogen-bond acceptors (Lipinski definition) is 4. The average Bonchev–Trinajstić information content (AvgIpc) is 2.53. The van der Waals surface area contributed by atoms with E-state index in [1.54, 1.807) is 24.4 Å². The molecule has 1 aliphatic heterocycles. The Morgan fingerprint density at radius 1 is 1.25 bits per heavy atom. The van der Waals surface area contributed by atoms with Crippen LogP contribution in [-0.2, 0) is 14.8 Å². The molecule has 2 N–H and O–H groups in total. The van der Waals surface area contributed by atoms with Gasteiger partial charge >= 0.3 is 0 Å². The SMILES string of the molecule is CCC(=O)N1CC(c2ccc(-c3ccccc3S(N)(=O)=O)cn2)C1. The first kappa shape index (κ1) is 16.6. The first-order chi connectivity index (χ1) is 11.4. The summed E-state index contributed by atoms with van der Waals surface area (Å²) < 4.78 is 23.4. The van der Waals surface area contributed by atoms with Gasteiger partial charge in [-0.1, -0.05) is 31.2 Å². The molecule has 6 nitrogen and oxygen atoms in total. The van der Waals surface area contributed by atoms with Crippen LogP contribution in [0.1, 0.15) is 25.0 Å². The predicted molar refractivity (Wildman–Crippen MR) is 90.7 cm³/mol. The van der Waals surface area contributed by atoms with Crippen molar-refractivity contribution in [2.24, 2.45) is 5.14 Å². The zero-order chi connectivity index (χ0) is 17.3. The monoisotopic (exact) mass is 345 g/mol. The number of nitrogens with two attached hydrogens (primary N) is 1. The molecule has 1 aliphatic rings. The molecule has 0 radical (unpaired) electrons. The molecular weight excluding hydrogens is 326 g/mol. The van der Waals surface area contributed by atoms with E-state index >= 15 is 0 Å². The minimum absolute atomic E-state index is 0.0860. The molecule has 0 atom stereocenters. The van der Waals surface area contributed by atoms with Crippen LogP contribution < -0.4 is 5.14 Å². The van der Waals surface area contributed by atoms with Crippen LogP contribution in [0.3, 0.4) is 0 Å². The molecule has 1 saturated heterocycles. The third-order valence-electron chi connectivity index (χ3n) is 4.25. The lowest BCUT2D eigenvalue weighted by Crippen LogP contribution is -2.48.